The molecule has 2 heterocycles. The number of ether oxygens (including phenoxy) is 1. The molecule has 0 aromatic carbocycles. The maximum Gasteiger partial charge on any atom is 0.0950 e. The van der Waals surface area contributed by atoms with Crippen molar-refractivity contribution >= 4 is 0 Å². The normalized spacial score (nSPS) is 23.1. The number of hydrazine groups is 1. The highest BCUT2D eigenvalue weighted by Crippen LogP contribution is 2.23. The second-order valence-electron chi connectivity index (χ2n) is 3.99. The Morgan fingerprint density at radius 3 is 3.13 bits per heavy atom. The van der Waals surface area contributed by atoms with E-state index in [0.29, 0.717) is 6.10 Å². The molecule has 1 aromatic heterocycles. The third kappa shape index (κ3) is 2.81. The molecule has 0 saturated carbocycles. The van der Waals surface area contributed by atoms with Gasteiger partial charge in [0, 0.05) is 18.2 Å². The van der Waals surface area contributed by atoms with E-state index >= 15 is 0 Å². The quantitative estimate of drug-likeness (QED) is 0.574. The van der Waals surface area contributed by atoms with Gasteiger partial charge in [0.1, 0.15) is 0 Å². The molecule has 15 heavy (non-hydrogen) atoms. The highest BCUT2D eigenvalue weighted by molar-refractivity contribution is 5.10. The Morgan fingerprint density at radius 2 is 2.53 bits per heavy atom. The van der Waals surface area contributed by atoms with Crippen LogP contribution in [-0.2, 0) is 4.74 Å². The van der Waals surface area contributed by atoms with E-state index in [0.717, 1.165) is 25.0 Å². The standard InChI is InChI=1S/C11H18N2O2/c12-13-11(9-5-7-14-8-9)4-3-10-2-1-6-15-10/h5,7-8,10-11,13H,1-4,6,12H2. The van der Waals surface area contributed by atoms with Crippen molar-refractivity contribution < 1.29 is 9.15 Å². The molecular weight excluding hydrogens is 192 g/mol. The van der Waals surface area contributed by atoms with E-state index in [9.17, 15) is 0 Å². The van der Waals surface area contributed by atoms with Crippen LogP contribution in [0.4, 0.5) is 0 Å². The Bertz CT molecular complexity index is 268. The number of hydrogen-bond acceptors (Lipinski definition) is 4. The Balaban J connectivity index is 1.80. The summed E-state index contributed by atoms with van der Waals surface area (Å²) >= 11 is 0. The zero-order valence-corrected chi connectivity index (χ0v) is 8.82. The molecule has 0 aliphatic carbocycles. The Kier molecular flexibility index (Phi) is 3.77. The molecule has 4 nitrogen and oxygen atoms in total. The van der Waals surface area contributed by atoms with Crippen molar-refractivity contribution in [1.29, 1.82) is 0 Å². The zero-order chi connectivity index (χ0) is 10.5. The van der Waals surface area contributed by atoms with Crippen molar-refractivity contribution in [2.45, 2.75) is 37.8 Å². The molecule has 1 aromatic rings. The van der Waals surface area contributed by atoms with E-state index in [4.69, 9.17) is 15.0 Å². The van der Waals surface area contributed by atoms with Gasteiger partial charge in [-0.2, -0.15) is 0 Å². The molecular formula is C11H18N2O2. The lowest BCUT2D eigenvalue weighted by atomic mass is 10.0. The maximum absolute atomic E-state index is 5.57. The van der Waals surface area contributed by atoms with Gasteiger partial charge in [-0.3, -0.25) is 11.3 Å². The van der Waals surface area contributed by atoms with E-state index in [2.05, 4.69) is 5.43 Å². The Labute approximate surface area is 89.7 Å². The number of hydrogen-bond donors (Lipinski definition) is 2. The average molecular weight is 210 g/mol. The molecule has 1 fully saturated rings. The van der Waals surface area contributed by atoms with Gasteiger partial charge in [0.25, 0.3) is 0 Å². The lowest BCUT2D eigenvalue weighted by molar-refractivity contribution is 0.0996. The first kappa shape index (κ1) is 10.7. The van der Waals surface area contributed by atoms with Crippen molar-refractivity contribution in [3.63, 3.8) is 0 Å². The first-order valence-corrected chi connectivity index (χ1v) is 5.50. The van der Waals surface area contributed by atoms with Gasteiger partial charge in [-0.25, -0.2) is 0 Å². The van der Waals surface area contributed by atoms with E-state index in [1.165, 1.54) is 12.8 Å². The minimum Gasteiger partial charge on any atom is -0.472 e. The predicted octanol–water partition coefficient (Wildman–Crippen LogP) is 1.74. The maximum atomic E-state index is 5.57. The summed E-state index contributed by atoms with van der Waals surface area (Å²) < 4.78 is 10.6. The van der Waals surface area contributed by atoms with Crippen LogP contribution in [0.3, 0.4) is 0 Å². The SMILES string of the molecule is NNC(CCC1CCCO1)c1ccoc1. The highest BCUT2D eigenvalue weighted by atomic mass is 16.5. The topological polar surface area (TPSA) is 60.4 Å². The van der Waals surface area contributed by atoms with Crippen LogP contribution in [0.5, 0.6) is 0 Å². The molecule has 2 rings (SSSR count). The molecule has 1 aliphatic heterocycles. The van der Waals surface area contributed by atoms with Gasteiger partial charge in [0.2, 0.25) is 0 Å². The van der Waals surface area contributed by atoms with Gasteiger partial charge >= 0.3 is 0 Å². The monoisotopic (exact) mass is 210 g/mol. The van der Waals surface area contributed by atoms with Crippen molar-refractivity contribution in [1.82, 2.24) is 5.43 Å². The fourth-order valence-electron chi connectivity index (χ4n) is 2.04. The number of furan rings is 1. The van der Waals surface area contributed by atoms with Crippen LogP contribution >= 0.6 is 0 Å². The summed E-state index contributed by atoms with van der Waals surface area (Å²) in [6.07, 6.45) is 8.25. The van der Waals surface area contributed by atoms with E-state index in [-0.39, 0.29) is 6.04 Å². The summed E-state index contributed by atoms with van der Waals surface area (Å²) in [4.78, 5) is 0. The van der Waals surface area contributed by atoms with Crippen LogP contribution in [0.15, 0.2) is 23.0 Å². The van der Waals surface area contributed by atoms with Gasteiger partial charge in [-0.05, 0) is 31.7 Å². The highest BCUT2D eigenvalue weighted by Gasteiger charge is 2.18. The second kappa shape index (κ2) is 5.30. The van der Waals surface area contributed by atoms with Crippen LogP contribution in [0.1, 0.15) is 37.3 Å². The van der Waals surface area contributed by atoms with Crippen LogP contribution in [0.25, 0.3) is 0 Å². The summed E-state index contributed by atoms with van der Waals surface area (Å²) in [6, 6.07) is 2.12. The van der Waals surface area contributed by atoms with E-state index < -0.39 is 0 Å². The van der Waals surface area contributed by atoms with Crippen LogP contribution in [-0.4, -0.2) is 12.7 Å². The van der Waals surface area contributed by atoms with E-state index in [1.54, 1.807) is 12.5 Å². The van der Waals surface area contributed by atoms with Crippen LogP contribution in [0, 0.1) is 0 Å². The molecule has 1 saturated heterocycles. The number of nitrogens with one attached hydrogen (secondary N) is 1. The third-order valence-electron chi connectivity index (χ3n) is 2.95. The van der Waals surface area contributed by atoms with Crippen molar-refractivity contribution in [2.75, 3.05) is 6.61 Å². The molecule has 3 N–H and O–H groups in total. The Morgan fingerprint density at radius 1 is 1.60 bits per heavy atom. The van der Waals surface area contributed by atoms with E-state index in [1.807, 2.05) is 6.07 Å². The number of nitrogens with two attached hydrogens (primary N) is 1. The molecule has 4 heteroatoms. The third-order valence-corrected chi connectivity index (χ3v) is 2.95. The molecule has 0 radical (unpaired) electrons. The lowest BCUT2D eigenvalue weighted by Crippen LogP contribution is -2.28. The zero-order valence-electron chi connectivity index (χ0n) is 8.82. The first-order chi connectivity index (χ1) is 7.40. The van der Waals surface area contributed by atoms with Gasteiger partial charge in [0.05, 0.1) is 18.6 Å². The van der Waals surface area contributed by atoms with Crippen molar-refractivity contribution in [2.24, 2.45) is 5.84 Å². The van der Waals surface area contributed by atoms with Crippen LogP contribution in [0.2, 0.25) is 0 Å². The van der Waals surface area contributed by atoms with Crippen molar-refractivity contribution in [3.05, 3.63) is 24.2 Å². The molecule has 0 spiro atoms. The minimum atomic E-state index is 0.174. The summed E-state index contributed by atoms with van der Waals surface area (Å²) in [5.74, 6) is 5.52. The molecule has 0 amide bonds. The predicted molar refractivity (Wildman–Crippen MR) is 57.0 cm³/mol. The largest absolute Gasteiger partial charge is 0.472 e. The second-order valence-corrected chi connectivity index (χ2v) is 3.99. The summed E-state index contributed by atoms with van der Waals surface area (Å²) in [7, 11) is 0. The molecule has 84 valence electrons. The first-order valence-electron chi connectivity index (χ1n) is 5.50. The summed E-state index contributed by atoms with van der Waals surface area (Å²) in [5.41, 5.74) is 3.92. The lowest BCUT2D eigenvalue weighted by Gasteiger charge is -2.16. The molecule has 1 aliphatic rings. The smallest absolute Gasteiger partial charge is 0.0950 e. The molecule has 2 unspecified atom stereocenters. The minimum absolute atomic E-state index is 0.174. The fraction of sp³-hybridized carbons (Fsp3) is 0.636. The number of rotatable bonds is 5. The summed E-state index contributed by atoms with van der Waals surface area (Å²) in [6.45, 7) is 0.914. The molecule has 0 bridgehead atoms. The van der Waals surface area contributed by atoms with Gasteiger partial charge in [0.15, 0.2) is 0 Å². The van der Waals surface area contributed by atoms with Gasteiger partial charge in [-0.15, -0.1) is 0 Å². The molecule has 2 atom stereocenters. The average Bonchev–Trinajstić information content (AvgIpc) is 2.90. The fourth-order valence-corrected chi connectivity index (χ4v) is 2.04. The van der Waals surface area contributed by atoms with Gasteiger partial charge in [-0.1, -0.05) is 0 Å². The van der Waals surface area contributed by atoms with Gasteiger partial charge < -0.3 is 9.15 Å². The Hall–Kier alpha value is -0.840. The van der Waals surface area contributed by atoms with Crippen molar-refractivity contribution in [3.8, 4) is 0 Å². The van der Waals surface area contributed by atoms with Crippen LogP contribution < -0.4 is 11.3 Å². The summed E-state index contributed by atoms with van der Waals surface area (Å²) in [5, 5.41) is 0.